The number of aliphatic hydroxyl groups is 3. The molecule has 0 aromatic rings. The average molecular weight is 822 g/mol. The van der Waals surface area contributed by atoms with Crippen molar-refractivity contribution in [1.82, 2.24) is 46.2 Å². The first kappa shape index (κ1) is 52.5. The van der Waals surface area contributed by atoms with Gasteiger partial charge in [0.25, 0.3) is 0 Å². The molecule has 2 unspecified atom stereocenters. The van der Waals surface area contributed by atoms with E-state index in [9.17, 15) is 63.9 Å². The molecular weight excluding hydrogens is 758 g/mol. The number of nitrogens with one attached hydrogen (secondary N) is 5. The van der Waals surface area contributed by atoms with Crippen LogP contribution in [0, 0.1) is 5.92 Å². The second kappa shape index (κ2) is 30.6. The predicted octanol–water partition coefficient (Wildman–Crippen LogP) is -5.80. The number of hydrogen-bond acceptors (Lipinski definition) is 15. The largest absolute Gasteiger partial charge is 0.480 e. The van der Waals surface area contributed by atoms with E-state index in [1.54, 1.807) is 19.6 Å². The van der Waals surface area contributed by atoms with E-state index in [0.717, 1.165) is 20.0 Å². The van der Waals surface area contributed by atoms with Crippen molar-refractivity contribution in [3.63, 3.8) is 0 Å². The van der Waals surface area contributed by atoms with Crippen molar-refractivity contribution in [2.45, 2.75) is 45.2 Å². The molecule has 0 bridgehead atoms. The minimum atomic E-state index is -1.44. The summed E-state index contributed by atoms with van der Waals surface area (Å²) in [6.45, 7) is 2.84. The SMILES string of the molecule is CC(C)CCCNC(=O)C(CO)NC(=O)CNC(=O)C(CO)NC(=O)CCNC(=O)CN1CCN(CC(=O)O)CCN(CC(=O)O)CCN(CC(=O)O)CC1.CO. The first-order valence-corrected chi connectivity index (χ1v) is 18.6. The zero-order valence-electron chi connectivity index (χ0n) is 33.1. The Kier molecular flexibility index (Phi) is 28.2. The Morgan fingerprint density at radius 1 is 0.526 bits per heavy atom. The Morgan fingerprint density at radius 2 is 0.912 bits per heavy atom. The fourth-order valence-electron chi connectivity index (χ4n) is 5.40. The zero-order chi connectivity index (χ0) is 43.3. The van der Waals surface area contributed by atoms with Crippen LogP contribution in [0.2, 0.25) is 0 Å². The summed E-state index contributed by atoms with van der Waals surface area (Å²) in [6.07, 6.45) is 1.32. The van der Waals surface area contributed by atoms with Crippen LogP contribution in [0.1, 0.15) is 33.1 Å². The van der Waals surface area contributed by atoms with Crippen LogP contribution in [-0.4, -0.2) is 228 Å². The van der Waals surface area contributed by atoms with Gasteiger partial charge < -0.3 is 57.2 Å². The van der Waals surface area contributed by atoms with E-state index >= 15 is 0 Å². The van der Waals surface area contributed by atoms with E-state index in [4.69, 9.17) is 5.11 Å². The van der Waals surface area contributed by atoms with Crippen LogP contribution in [-0.2, 0) is 38.4 Å². The molecule has 0 aromatic heterocycles. The Bertz CT molecular complexity index is 1240. The summed E-state index contributed by atoms with van der Waals surface area (Å²) in [6, 6.07) is -2.68. The number of aliphatic hydroxyl groups excluding tert-OH is 3. The van der Waals surface area contributed by atoms with Crippen molar-refractivity contribution in [2.24, 2.45) is 5.92 Å². The maximum absolute atomic E-state index is 12.9. The number of nitrogens with zero attached hydrogens (tertiary/aromatic N) is 4. The molecule has 1 rings (SSSR count). The molecule has 0 spiro atoms. The highest BCUT2D eigenvalue weighted by Gasteiger charge is 2.24. The smallest absolute Gasteiger partial charge is 0.317 e. The van der Waals surface area contributed by atoms with Crippen molar-refractivity contribution in [3.8, 4) is 0 Å². The molecule has 0 radical (unpaired) electrons. The maximum atomic E-state index is 12.9. The standard InChI is InChI=1S/C33H59N9O13.CH4O/c1-23(2)4-3-6-35-32(54)24(21-43)38-27(46)16-36-33(55)25(22-44)37-26(45)5-7-34-28(47)17-39-8-10-40(18-29(48)49)12-14-42(20-31(52)53)15-13-41(11-9-39)19-30(50)51;1-2/h23-25,43-44H,3-22H2,1-2H3,(H,34,47)(H,35,54)(H,36,55)(H,37,45)(H,38,46)(H,48,49)(H,50,51)(H,52,53);2H,1H3. The van der Waals surface area contributed by atoms with Gasteiger partial charge in [-0.1, -0.05) is 13.8 Å². The molecule has 0 aliphatic carbocycles. The Hall–Kier alpha value is -4.52. The van der Waals surface area contributed by atoms with Gasteiger partial charge >= 0.3 is 17.9 Å². The zero-order valence-corrected chi connectivity index (χ0v) is 33.1. The first-order chi connectivity index (χ1) is 27.0. The summed E-state index contributed by atoms with van der Waals surface area (Å²) in [5, 5.41) is 66.3. The van der Waals surface area contributed by atoms with Crippen molar-refractivity contribution in [2.75, 3.05) is 118 Å². The quantitative estimate of drug-likeness (QED) is 0.0428. The number of carbonyl (C=O) groups is 8. The molecule has 5 amide bonds. The number of hydrogen-bond donors (Lipinski definition) is 11. The molecule has 57 heavy (non-hydrogen) atoms. The van der Waals surface area contributed by atoms with E-state index < -0.39 is 79.3 Å². The van der Waals surface area contributed by atoms with E-state index in [-0.39, 0.29) is 91.5 Å². The number of amides is 5. The third kappa shape index (κ3) is 26.1. The molecule has 1 aliphatic heterocycles. The summed E-state index contributed by atoms with van der Waals surface area (Å²) >= 11 is 0. The van der Waals surface area contributed by atoms with E-state index in [1.807, 2.05) is 13.8 Å². The first-order valence-electron chi connectivity index (χ1n) is 18.6. The van der Waals surface area contributed by atoms with Crippen LogP contribution in [0.4, 0.5) is 0 Å². The summed E-state index contributed by atoms with van der Waals surface area (Å²) in [4.78, 5) is 103. The van der Waals surface area contributed by atoms with Crippen LogP contribution in [0.5, 0.6) is 0 Å². The molecule has 1 fully saturated rings. The molecule has 23 heteroatoms. The van der Waals surface area contributed by atoms with Crippen LogP contribution < -0.4 is 26.6 Å². The van der Waals surface area contributed by atoms with E-state index in [2.05, 4.69) is 26.6 Å². The molecule has 1 saturated heterocycles. The lowest BCUT2D eigenvalue weighted by atomic mass is 10.1. The minimum Gasteiger partial charge on any atom is -0.480 e. The van der Waals surface area contributed by atoms with Crippen molar-refractivity contribution in [3.05, 3.63) is 0 Å². The van der Waals surface area contributed by atoms with Crippen LogP contribution >= 0.6 is 0 Å². The molecule has 0 aromatic carbocycles. The van der Waals surface area contributed by atoms with Gasteiger partial charge in [-0.25, -0.2) is 0 Å². The number of carboxylic acid groups (broad SMARTS) is 3. The van der Waals surface area contributed by atoms with Gasteiger partial charge in [0.2, 0.25) is 29.5 Å². The summed E-state index contributed by atoms with van der Waals surface area (Å²) in [7, 11) is 1.00. The van der Waals surface area contributed by atoms with Gasteiger partial charge in [-0.3, -0.25) is 58.0 Å². The lowest BCUT2D eigenvalue weighted by Crippen LogP contribution is -2.54. The average Bonchev–Trinajstić information content (AvgIpc) is 3.14. The molecule has 2 atom stereocenters. The van der Waals surface area contributed by atoms with Gasteiger partial charge in [0.05, 0.1) is 45.9 Å². The summed E-state index contributed by atoms with van der Waals surface area (Å²) in [5.74, 6) is -6.26. The number of aliphatic carboxylic acids is 3. The summed E-state index contributed by atoms with van der Waals surface area (Å²) in [5.41, 5.74) is 0. The second-order valence-corrected chi connectivity index (χ2v) is 13.5. The highest BCUT2D eigenvalue weighted by molar-refractivity contribution is 5.92. The lowest BCUT2D eigenvalue weighted by Gasteiger charge is -2.32. The molecule has 23 nitrogen and oxygen atoms in total. The Balaban J connectivity index is 0.0000154. The van der Waals surface area contributed by atoms with Gasteiger partial charge in [0, 0.05) is 79.0 Å². The molecule has 328 valence electrons. The fraction of sp³-hybridized carbons (Fsp3) is 0.765. The van der Waals surface area contributed by atoms with Crippen LogP contribution in [0.15, 0.2) is 0 Å². The van der Waals surface area contributed by atoms with Gasteiger partial charge in [-0.2, -0.15) is 0 Å². The molecular formula is C34H63N9O14. The van der Waals surface area contributed by atoms with Gasteiger partial charge in [0.1, 0.15) is 12.1 Å². The molecule has 0 saturated carbocycles. The number of carboxylic acids is 3. The third-order valence-corrected chi connectivity index (χ3v) is 8.40. The van der Waals surface area contributed by atoms with E-state index in [1.165, 1.54) is 0 Å². The highest BCUT2D eigenvalue weighted by Crippen LogP contribution is 2.03. The van der Waals surface area contributed by atoms with Crippen molar-refractivity contribution in [1.29, 1.82) is 0 Å². The maximum Gasteiger partial charge on any atom is 0.317 e. The Labute approximate surface area is 332 Å². The normalized spacial score (nSPS) is 16.0. The topological polar surface area (TPSA) is 331 Å². The van der Waals surface area contributed by atoms with Crippen molar-refractivity contribution < 1.29 is 69.0 Å². The highest BCUT2D eigenvalue weighted by atomic mass is 16.4. The molecule has 11 N–H and O–H groups in total. The fourth-order valence-corrected chi connectivity index (χ4v) is 5.40. The lowest BCUT2D eigenvalue weighted by molar-refractivity contribution is -0.140. The van der Waals surface area contributed by atoms with Crippen LogP contribution in [0.3, 0.4) is 0 Å². The summed E-state index contributed by atoms with van der Waals surface area (Å²) < 4.78 is 0. The van der Waals surface area contributed by atoms with Crippen LogP contribution in [0.25, 0.3) is 0 Å². The number of carbonyl (C=O) groups excluding carboxylic acids is 5. The Morgan fingerprint density at radius 3 is 1.30 bits per heavy atom. The minimum absolute atomic E-state index is 0.154. The molecule has 1 aliphatic rings. The monoisotopic (exact) mass is 821 g/mol. The molecule has 1 heterocycles. The van der Waals surface area contributed by atoms with Gasteiger partial charge in [-0.15, -0.1) is 0 Å². The predicted molar refractivity (Wildman–Crippen MR) is 203 cm³/mol. The second-order valence-electron chi connectivity index (χ2n) is 13.5. The third-order valence-electron chi connectivity index (χ3n) is 8.40. The van der Waals surface area contributed by atoms with Gasteiger partial charge in [-0.05, 0) is 18.8 Å². The van der Waals surface area contributed by atoms with Gasteiger partial charge in [0.15, 0.2) is 0 Å². The van der Waals surface area contributed by atoms with E-state index in [0.29, 0.717) is 12.5 Å². The number of rotatable bonds is 23. The van der Waals surface area contributed by atoms with Crippen molar-refractivity contribution >= 4 is 47.4 Å².